The topological polar surface area (TPSA) is 51.2 Å². The molecule has 1 aromatic carbocycles. The zero-order chi connectivity index (χ0) is 15.9. The maximum atomic E-state index is 13.1. The van der Waals surface area contributed by atoms with Crippen LogP contribution in [0.1, 0.15) is 18.2 Å². The largest absolute Gasteiger partial charge is 0.491 e. The molecular weight excluding hydrogens is 283 g/mol. The number of aryl methyl sites for hydroxylation is 1. The average molecular weight is 302 g/mol. The third-order valence-electron chi connectivity index (χ3n) is 3.23. The van der Waals surface area contributed by atoms with Gasteiger partial charge in [0.2, 0.25) is 6.41 Å². The van der Waals surface area contributed by atoms with E-state index in [1.54, 1.807) is 12.1 Å². The van der Waals surface area contributed by atoms with Gasteiger partial charge < -0.3 is 10.1 Å². The zero-order valence-electron chi connectivity index (χ0n) is 12.7. The van der Waals surface area contributed by atoms with E-state index in [4.69, 9.17) is 4.74 Å². The number of halogens is 1. The van der Waals surface area contributed by atoms with Crippen LogP contribution in [-0.4, -0.2) is 24.5 Å². The summed E-state index contributed by atoms with van der Waals surface area (Å²) in [5.74, 6) is 0.422. The minimum atomic E-state index is -0.287. The Morgan fingerprint density at radius 3 is 2.68 bits per heavy atom. The van der Waals surface area contributed by atoms with E-state index in [1.165, 1.54) is 12.1 Å². The van der Waals surface area contributed by atoms with Crippen LogP contribution in [0.2, 0.25) is 0 Å². The summed E-state index contributed by atoms with van der Waals surface area (Å²) in [4.78, 5) is 15.0. The third-order valence-corrected chi connectivity index (χ3v) is 3.23. The van der Waals surface area contributed by atoms with Crippen molar-refractivity contribution < 1.29 is 13.9 Å². The highest BCUT2D eigenvalue weighted by Crippen LogP contribution is 2.32. The van der Waals surface area contributed by atoms with E-state index in [2.05, 4.69) is 10.3 Å². The number of aromatic nitrogens is 1. The van der Waals surface area contributed by atoms with Gasteiger partial charge in [-0.1, -0.05) is 0 Å². The van der Waals surface area contributed by atoms with Gasteiger partial charge in [-0.2, -0.15) is 0 Å². The zero-order valence-corrected chi connectivity index (χ0v) is 12.7. The number of carbonyl (C=O) groups is 1. The molecule has 0 aliphatic rings. The van der Waals surface area contributed by atoms with Crippen molar-refractivity contribution in [2.24, 2.45) is 0 Å². The summed E-state index contributed by atoms with van der Waals surface area (Å²) in [5, 5.41) is 2.62. The molecule has 116 valence electrons. The lowest BCUT2D eigenvalue weighted by Crippen LogP contribution is -2.15. The number of amides is 1. The molecule has 0 saturated heterocycles. The van der Waals surface area contributed by atoms with Crippen LogP contribution in [0.4, 0.5) is 4.39 Å². The van der Waals surface area contributed by atoms with E-state index >= 15 is 0 Å². The summed E-state index contributed by atoms with van der Waals surface area (Å²) in [7, 11) is 0. The Morgan fingerprint density at radius 1 is 1.32 bits per heavy atom. The van der Waals surface area contributed by atoms with Crippen molar-refractivity contribution in [3.8, 4) is 17.0 Å². The van der Waals surface area contributed by atoms with Gasteiger partial charge in [-0.3, -0.25) is 4.79 Å². The number of rotatable bonds is 7. The fraction of sp³-hybridized carbons (Fsp3) is 0.294. The van der Waals surface area contributed by atoms with Gasteiger partial charge in [-0.15, -0.1) is 0 Å². The van der Waals surface area contributed by atoms with Crippen LogP contribution >= 0.6 is 0 Å². The Morgan fingerprint density at radius 2 is 2.05 bits per heavy atom. The Kier molecular flexibility index (Phi) is 5.47. The maximum Gasteiger partial charge on any atom is 0.207 e. The van der Waals surface area contributed by atoms with Crippen LogP contribution in [0.3, 0.4) is 0 Å². The van der Waals surface area contributed by atoms with Gasteiger partial charge in [0.05, 0.1) is 6.61 Å². The summed E-state index contributed by atoms with van der Waals surface area (Å²) in [6.45, 7) is 4.92. The lowest BCUT2D eigenvalue weighted by atomic mass is 10.1. The molecule has 0 saturated carbocycles. The van der Waals surface area contributed by atoms with Crippen LogP contribution in [0.15, 0.2) is 30.3 Å². The summed E-state index contributed by atoms with van der Waals surface area (Å²) in [6, 6.07) is 8.13. The van der Waals surface area contributed by atoms with Crippen molar-refractivity contribution >= 4 is 6.41 Å². The van der Waals surface area contributed by atoms with E-state index in [9.17, 15) is 9.18 Å². The van der Waals surface area contributed by atoms with Gasteiger partial charge in [0.1, 0.15) is 17.3 Å². The number of pyridine rings is 1. The predicted octanol–water partition coefficient (Wildman–Crippen LogP) is 2.88. The molecule has 1 amide bonds. The Bertz CT molecular complexity index is 642. The lowest BCUT2D eigenvalue weighted by molar-refractivity contribution is -0.109. The van der Waals surface area contributed by atoms with Crippen LogP contribution in [0.5, 0.6) is 5.75 Å². The first kappa shape index (κ1) is 15.9. The third kappa shape index (κ3) is 3.81. The molecule has 1 aromatic heterocycles. The smallest absolute Gasteiger partial charge is 0.207 e. The van der Waals surface area contributed by atoms with Crippen LogP contribution in [0.25, 0.3) is 11.3 Å². The molecule has 0 aliphatic carbocycles. The molecule has 1 heterocycles. The molecule has 0 spiro atoms. The highest BCUT2D eigenvalue weighted by atomic mass is 19.1. The molecule has 1 N–H and O–H groups in total. The quantitative estimate of drug-likeness (QED) is 0.632. The molecule has 2 rings (SSSR count). The number of hydrogen-bond acceptors (Lipinski definition) is 3. The summed E-state index contributed by atoms with van der Waals surface area (Å²) in [5.41, 5.74) is 3.33. The van der Waals surface area contributed by atoms with Crippen molar-refractivity contribution in [1.82, 2.24) is 10.3 Å². The first-order chi connectivity index (χ1) is 10.7. The first-order valence-corrected chi connectivity index (χ1v) is 7.22. The van der Waals surface area contributed by atoms with Crippen molar-refractivity contribution in [1.29, 1.82) is 0 Å². The van der Waals surface area contributed by atoms with Gasteiger partial charge >= 0.3 is 0 Å². The molecule has 0 fully saturated rings. The SMILES string of the molecule is CCOc1c(C)cc(CCNC=O)nc1-c1ccc(F)cc1. The Balaban J connectivity index is 2.42. The van der Waals surface area contributed by atoms with E-state index in [-0.39, 0.29) is 5.82 Å². The first-order valence-electron chi connectivity index (χ1n) is 7.22. The molecule has 22 heavy (non-hydrogen) atoms. The van der Waals surface area contributed by atoms with Crippen LogP contribution < -0.4 is 10.1 Å². The minimum absolute atomic E-state index is 0.287. The number of ether oxygens (including phenoxy) is 1. The van der Waals surface area contributed by atoms with Gasteiger partial charge in [0, 0.05) is 24.2 Å². The number of hydrogen-bond donors (Lipinski definition) is 1. The number of carbonyl (C=O) groups excluding carboxylic acids is 1. The minimum Gasteiger partial charge on any atom is -0.491 e. The molecule has 5 heteroatoms. The summed E-state index contributed by atoms with van der Waals surface area (Å²) < 4.78 is 18.8. The van der Waals surface area contributed by atoms with E-state index in [1.807, 2.05) is 19.9 Å². The van der Waals surface area contributed by atoms with Crippen molar-refractivity contribution in [3.63, 3.8) is 0 Å². The number of benzene rings is 1. The molecule has 0 aliphatic heterocycles. The second-order valence-electron chi connectivity index (χ2n) is 4.87. The molecule has 0 bridgehead atoms. The summed E-state index contributed by atoms with van der Waals surface area (Å²) >= 11 is 0. The number of nitrogens with zero attached hydrogens (tertiary/aromatic N) is 1. The fourth-order valence-corrected chi connectivity index (χ4v) is 2.25. The highest BCUT2D eigenvalue weighted by molar-refractivity contribution is 5.68. The number of nitrogens with one attached hydrogen (secondary N) is 1. The van der Waals surface area contributed by atoms with Crippen molar-refractivity contribution in [2.45, 2.75) is 20.3 Å². The molecule has 4 nitrogen and oxygen atoms in total. The maximum absolute atomic E-state index is 13.1. The lowest BCUT2D eigenvalue weighted by Gasteiger charge is -2.14. The monoisotopic (exact) mass is 302 g/mol. The molecule has 0 unspecified atom stereocenters. The predicted molar refractivity (Wildman–Crippen MR) is 83.3 cm³/mol. The van der Waals surface area contributed by atoms with E-state index in [0.717, 1.165) is 16.8 Å². The molecule has 2 aromatic rings. The molecular formula is C17H19FN2O2. The fourth-order valence-electron chi connectivity index (χ4n) is 2.25. The van der Waals surface area contributed by atoms with Gasteiger partial charge in [-0.25, -0.2) is 9.37 Å². The van der Waals surface area contributed by atoms with Crippen molar-refractivity contribution in [2.75, 3.05) is 13.2 Å². The highest BCUT2D eigenvalue weighted by Gasteiger charge is 2.13. The van der Waals surface area contributed by atoms with Gasteiger partial charge in [-0.05, 0) is 49.7 Å². The van der Waals surface area contributed by atoms with E-state index < -0.39 is 0 Å². The summed E-state index contributed by atoms with van der Waals surface area (Å²) in [6.07, 6.45) is 1.29. The second kappa shape index (κ2) is 7.54. The Hall–Kier alpha value is -2.43. The van der Waals surface area contributed by atoms with Gasteiger partial charge in [0.25, 0.3) is 0 Å². The average Bonchev–Trinajstić information content (AvgIpc) is 2.51. The molecule has 0 radical (unpaired) electrons. The van der Waals surface area contributed by atoms with Gasteiger partial charge in [0.15, 0.2) is 0 Å². The standard InChI is InChI=1S/C17H19FN2O2/c1-3-22-17-12(2)10-15(8-9-19-11-21)20-16(17)13-4-6-14(18)7-5-13/h4-7,10-11H,3,8-9H2,1-2H3,(H,19,21). The molecule has 0 atom stereocenters. The normalized spacial score (nSPS) is 10.3. The van der Waals surface area contributed by atoms with Crippen LogP contribution in [0, 0.1) is 12.7 Å². The van der Waals surface area contributed by atoms with E-state index in [0.29, 0.717) is 37.4 Å². The van der Waals surface area contributed by atoms with Crippen LogP contribution in [-0.2, 0) is 11.2 Å². The Labute approximate surface area is 129 Å². The van der Waals surface area contributed by atoms with Crippen molar-refractivity contribution in [3.05, 3.63) is 47.4 Å². The second-order valence-corrected chi connectivity index (χ2v) is 4.87.